The Morgan fingerprint density at radius 3 is 2.81 bits per heavy atom. The van der Waals surface area contributed by atoms with Gasteiger partial charge in [-0.15, -0.1) is 11.3 Å². The van der Waals surface area contributed by atoms with E-state index < -0.39 is 5.56 Å². The summed E-state index contributed by atoms with van der Waals surface area (Å²) in [5.41, 5.74) is 0.536. The molecule has 1 N–H and O–H groups in total. The monoisotopic (exact) mass is 373 g/mol. The van der Waals surface area contributed by atoms with Crippen LogP contribution in [0, 0.1) is 12.3 Å². The van der Waals surface area contributed by atoms with E-state index in [9.17, 15) is 9.59 Å². The summed E-state index contributed by atoms with van der Waals surface area (Å²) in [5.74, 6) is 0.191. The third kappa shape index (κ3) is 3.19. The van der Waals surface area contributed by atoms with Crippen molar-refractivity contribution in [3.63, 3.8) is 0 Å². The normalized spacial score (nSPS) is 23.7. The van der Waals surface area contributed by atoms with Gasteiger partial charge < -0.3 is 14.8 Å². The second-order valence-electron chi connectivity index (χ2n) is 7.54. The lowest BCUT2D eigenvalue weighted by molar-refractivity contribution is 0.0532. The van der Waals surface area contributed by atoms with Gasteiger partial charge in [0, 0.05) is 36.6 Å². The summed E-state index contributed by atoms with van der Waals surface area (Å²) in [5, 5.41) is 2.75. The van der Waals surface area contributed by atoms with Crippen molar-refractivity contribution >= 4 is 17.2 Å². The number of thiazole rings is 1. The molecule has 0 radical (unpaired) electrons. The average Bonchev–Trinajstić information content (AvgIpc) is 3.20. The molecule has 138 valence electrons. The third-order valence-corrected chi connectivity index (χ3v) is 6.24. The summed E-state index contributed by atoms with van der Waals surface area (Å²) in [6, 6.07) is 0. The zero-order valence-electron chi connectivity index (χ0n) is 15.1. The zero-order chi connectivity index (χ0) is 18.3. The molecule has 2 aromatic heterocycles. The molecule has 2 aliphatic rings. The van der Waals surface area contributed by atoms with E-state index in [2.05, 4.69) is 26.9 Å². The van der Waals surface area contributed by atoms with E-state index >= 15 is 0 Å². The first-order valence-corrected chi connectivity index (χ1v) is 9.83. The molecule has 4 heterocycles. The van der Waals surface area contributed by atoms with Gasteiger partial charge >= 0.3 is 0 Å². The minimum atomic E-state index is -0.395. The number of nitrogens with one attached hydrogen (secondary N) is 1. The Kier molecular flexibility index (Phi) is 4.40. The van der Waals surface area contributed by atoms with Gasteiger partial charge in [-0.2, -0.15) is 0 Å². The van der Waals surface area contributed by atoms with Crippen molar-refractivity contribution in [1.29, 1.82) is 0 Å². The lowest BCUT2D eigenvalue weighted by Gasteiger charge is -2.40. The standard InChI is InChI=1S/C18H23N5O2S/c1-12-20-14(9-26-12)15-19-8-13(16(24)21-15)17(25)23-6-3-4-18(11-23)5-7-22(2)10-18/h8-9H,3-7,10-11H2,1-2H3,(H,19,21,24)/t18-/m0/s1. The predicted octanol–water partition coefficient (Wildman–Crippen LogP) is 1.76. The highest BCUT2D eigenvalue weighted by molar-refractivity contribution is 7.09. The Labute approximate surface area is 156 Å². The number of hydrogen-bond donors (Lipinski definition) is 1. The molecule has 1 spiro atoms. The van der Waals surface area contributed by atoms with Crippen LogP contribution >= 0.6 is 11.3 Å². The van der Waals surface area contributed by atoms with Crippen molar-refractivity contribution in [3.05, 3.63) is 32.5 Å². The predicted molar refractivity (Wildman–Crippen MR) is 100 cm³/mol. The van der Waals surface area contributed by atoms with Crippen molar-refractivity contribution in [3.8, 4) is 11.5 Å². The van der Waals surface area contributed by atoms with Crippen molar-refractivity contribution in [2.24, 2.45) is 5.41 Å². The zero-order valence-corrected chi connectivity index (χ0v) is 15.9. The first kappa shape index (κ1) is 17.4. The summed E-state index contributed by atoms with van der Waals surface area (Å²) in [6.07, 6.45) is 4.65. The molecule has 0 aliphatic carbocycles. The Morgan fingerprint density at radius 2 is 2.15 bits per heavy atom. The quantitative estimate of drug-likeness (QED) is 0.867. The lowest BCUT2D eigenvalue weighted by atomic mass is 9.79. The van der Waals surface area contributed by atoms with Gasteiger partial charge in [0.2, 0.25) is 0 Å². The molecular formula is C18H23N5O2S. The fourth-order valence-electron chi connectivity index (χ4n) is 4.19. The van der Waals surface area contributed by atoms with Crippen LogP contribution in [0.4, 0.5) is 0 Å². The van der Waals surface area contributed by atoms with E-state index in [0.717, 1.165) is 43.9 Å². The molecule has 4 rings (SSSR count). The Bertz CT molecular complexity index is 888. The molecule has 0 bridgehead atoms. The number of hydrogen-bond acceptors (Lipinski definition) is 6. The highest BCUT2D eigenvalue weighted by Crippen LogP contribution is 2.38. The van der Waals surface area contributed by atoms with Gasteiger partial charge in [0.25, 0.3) is 11.5 Å². The number of nitrogens with zero attached hydrogens (tertiary/aromatic N) is 4. The molecule has 2 saturated heterocycles. The molecule has 0 saturated carbocycles. The van der Waals surface area contributed by atoms with E-state index in [4.69, 9.17) is 0 Å². The van der Waals surface area contributed by atoms with E-state index in [1.165, 1.54) is 17.5 Å². The number of amides is 1. The minimum absolute atomic E-state index is 0.115. The first-order valence-electron chi connectivity index (χ1n) is 8.95. The highest BCUT2D eigenvalue weighted by Gasteiger charge is 2.41. The highest BCUT2D eigenvalue weighted by atomic mass is 32.1. The minimum Gasteiger partial charge on any atom is -0.338 e. The maximum Gasteiger partial charge on any atom is 0.264 e. The van der Waals surface area contributed by atoms with E-state index in [1.54, 1.807) is 0 Å². The average molecular weight is 373 g/mol. The van der Waals surface area contributed by atoms with Crippen LogP contribution in [0.3, 0.4) is 0 Å². The van der Waals surface area contributed by atoms with E-state index in [0.29, 0.717) is 18.1 Å². The third-order valence-electron chi connectivity index (χ3n) is 5.47. The second-order valence-corrected chi connectivity index (χ2v) is 8.61. The van der Waals surface area contributed by atoms with Crippen LogP contribution in [-0.4, -0.2) is 63.9 Å². The molecule has 7 nitrogen and oxygen atoms in total. The molecular weight excluding hydrogens is 350 g/mol. The maximum absolute atomic E-state index is 12.9. The molecule has 2 aromatic rings. The number of aryl methyl sites for hydroxylation is 1. The van der Waals surface area contributed by atoms with Gasteiger partial charge in [-0.05, 0) is 39.8 Å². The van der Waals surface area contributed by atoms with Gasteiger partial charge in [-0.3, -0.25) is 9.59 Å². The summed E-state index contributed by atoms with van der Waals surface area (Å²) < 4.78 is 0. The van der Waals surface area contributed by atoms with Gasteiger partial charge in [0.15, 0.2) is 5.82 Å². The molecule has 2 aliphatic heterocycles. The molecule has 0 aromatic carbocycles. The second kappa shape index (κ2) is 6.59. The smallest absolute Gasteiger partial charge is 0.264 e. The summed E-state index contributed by atoms with van der Waals surface area (Å²) >= 11 is 1.50. The van der Waals surface area contributed by atoms with Crippen LogP contribution < -0.4 is 5.56 Å². The first-order chi connectivity index (χ1) is 12.5. The lowest BCUT2D eigenvalue weighted by Crippen LogP contribution is -2.48. The fourth-order valence-corrected chi connectivity index (χ4v) is 4.79. The fraction of sp³-hybridized carbons (Fsp3) is 0.556. The van der Waals surface area contributed by atoms with Crippen LogP contribution in [0.15, 0.2) is 16.4 Å². The largest absolute Gasteiger partial charge is 0.338 e. The number of aromatic amines is 1. The number of H-pyrrole nitrogens is 1. The van der Waals surface area contributed by atoms with Gasteiger partial charge in [0.1, 0.15) is 11.3 Å². The van der Waals surface area contributed by atoms with Gasteiger partial charge in [-0.25, -0.2) is 9.97 Å². The summed E-state index contributed by atoms with van der Waals surface area (Å²) in [7, 11) is 2.13. The van der Waals surface area contributed by atoms with Crippen LogP contribution in [0.5, 0.6) is 0 Å². The molecule has 26 heavy (non-hydrogen) atoms. The number of carbonyl (C=O) groups is 1. The number of aromatic nitrogens is 3. The molecule has 0 unspecified atom stereocenters. The van der Waals surface area contributed by atoms with Crippen LogP contribution in [-0.2, 0) is 0 Å². The van der Waals surface area contributed by atoms with Crippen molar-refractivity contribution in [2.75, 3.05) is 33.2 Å². The Morgan fingerprint density at radius 1 is 1.31 bits per heavy atom. The van der Waals surface area contributed by atoms with Gasteiger partial charge in [0.05, 0.1) is 5.01 Å². The summed E-state index contributed by atoms with van der Waals surface area (Å²) in [6.45, 7) is 5.43. The van der Waals surface area contributed by atoms with Crippen molar-refractivity contribution < 1.29 is 4.79 Å². The maximum atomic E-state index is 12.9. The SMILES string of the molecule is Cc1nc(-c2ncc(C(=O)N3CCC[C@@]4(CCN(C)C4)C3)c(=O)[nH]2)cs1. The molecule has 1 atom stereocenters. The van der Waals surface area contributed by atoms with Crippen LogP contribution in [0.1, 0.15) is 34.6 Å². The van der Waals surface area contributed by atoms with Crippen LogP contribution in [0.25, 0.3) is 11.5 Å². The van der Waals surface area contributed by atoms with E-state index in [1.807, 2.05) is 17.2 Å². The number of carbonyl (C=O) groups excluding carboxylic acids is 1. The van der Waals surface area contributed by atoms with Gasteiger partial charge in [-0.1, -0.05) is 0 Å². The van der Waals surface area contributed by atoms with Crippen molar-refractivity contribution in [2.45, 2.75) is 26.2 Å². The summed E-state index contributed by atoms with van der Waals surface area (Å²) in [4.78, 5) is 40.9. The Hall–Kier alpha value is -2.06. The molecule has 1 amide bonds. The number of likely N-dealkylation sites (tertiary alicyclic amines) is 2. The Balaban J connectivity index is 1.55. The van der Waals surface area contributed by atoms with Crippen LogP contribution in [0.2, 0.25) is 0 Å². The molecule has 2 fully saturated rings. The van der Waals surface area contributed by atoms with Crippen molar-refractivity contribution in [1.82, 2.24) is 24.8 Å². The molecule has 8 heteroatoms. The topological polar surface area (TPSA) is 82.2 Å². The number of rotatable bonds is 2. The number of piperidine rings is 1. The van der Waals surface area contributed by atoms with E-state index in [-0.39, 0.29) is 16.9 Å².